The zero-order valence-electron chi connectivity index (χ0n) is 22.5. The quantitative estimate of drug-likeness (QED) is 0.342. The minimum atomic E-state index is -3.57. The summed E-state index contributed by atoms with van der Waals surface area (Å²) in [6.07, 6.45) is 2.79. The molecule has 3 aromatic rings. The number of anilines is 1. The van der Waals surface area contributed by atoms with E-state index in [1.807, 2.05) is 6.07 Å². The molecule has 0 saturated carbocycles. The number of hydrogen-bond donors (Lipinski definition) is 0. The molecule has 9 nitrogen and oxygen atoms in total. The first-order chi connectivity index (χ1) is 18.3. The highest BCUT2D eigenvalue weighted by atomic mass is 32.2. The summed E-state index contributed by atoms with van der Waals surface area (Å²) >= 11 is 1.37. The molecule has 1 aromatic heterocycles. The topological polar surface area (TPSA) is 92.3 Å². The molecule has 2 aromatic carbocycles. The summed E-state index contributed by atoms with van der Waals surface area (Å²) in [5.74, 6) is 1.02. The van der Waals surface area contributed by atoms with Crippen LogP contribution in [0.5, 0.6) is 11.5 Å². The fourth-order valence-corrected chi connectivity index (χ4v) is 7.25. The number of piperidine rings is 1. The molecule has 1 amide bonds. The lowest BCUT2D eigenvalue weighted by atomic mass is 10.2. The van der Waals surface area contributed by atoms with E-state index in [1.54, 1.807) is 37.3 Å². The van der Waals surface area contributed by atoms with Gasteiger partial charge in [0.15, 0.2) is 5.13 Å². The number of aromatic nitrogens is 1. The van der Waals surface area contributed by atoms with Gasteiger partial charge in [-0.2, -0.15) is 4.31 Å². The molecule has 206 valence electrons. The lowest BCUT2D eigenvalue weighted by Gasteiger charge is -2.26. The highest BCUT2D eigenvalue weighted by molar-refractivity contribution is 7.89. The standard InChI is InChI=1S/C27H36N4O5S2/c1-5-29(6-2)18-19-31(27-28-24-22(35-3)14-15-23(36-4)25(24)37-27)26(32)20-10-12-21(13-11-20)38(33,34)30-16-8-7-9-17-30/h10-15H,5-9,16-19H2,1-4H3. The van der Waals surface area contributed by atoms with Gasteiger partial charge in [-0.15, -0.1) is 0 Å². The van der Waals surface area contributed by atoms with Crippen molar-refractivity contribution >= 4 is 42.6 Å². The van der Waals surface area contributed by atoms with Gasteiger partial charge in [0.1, 0.15) is 21.7 Å². The Balaban J connectivity index is 1.68. The van der Waals surface area contributed by atoms with E-state index in [0.29, 0.717) is 53.9 Å². The van der Waals surface area contributed by atoms with Crippen molar-refractivity contribution in [3.05, 3.63) is 42.0 Å². The summed E-state index contributed by atoms with van der Waals surface area (Å²) in [6, 6.07) is 9.88. The van der Waals surface area contributed by atoms with Crippen molar-refractivity contribution in [1.82, 2.24) is 14.2 Å². The van der Waals surface area contributed by atoms with Gasteiger partial charge in [0, 0.05) is 31.7 Å². The van der Waals surface area contributed by atoms with Gasteiger partial charge in [-0.05, 0) is 62.3 Å². The van der Waals surface area contributed by atoms with Gasteiger partial charge in [-0.3, -0.25) is 9.69 Å². The van der Waals surface area contributed by atoms with E-state index in [4.69, 9.17) is 14.5 Å². The molecule has 1 fully saturated rings. The number of sulfonamides is 1. The Morgan fingerprint density at radius 3 is 2.18 bits per heavy atom. The van der Waals surface area contributed by atoms with E-state index in [1.165, 1.54) is 27.8 Å². The SMILES string of the molecule is CCN(CC)CCN(C(=O)c1ccc(S(=O)(=O)N2CCCCC2)cc1)c1nc2c(OC)ccc(OC)c2s1. The lowest BCUT2D eigenvalue weighted by Crippen LogP contribution is -2.39. The van der Waals surface area contributed by atoms with Crippen LogP contribution in [0.25, 0.3) is 10.2 Å². The minimum absolute atomic E-state index is 0.208. The van der Waals surface area contributed by atoms with Gasteiger partial charge in [0.2, 0.25) is 10.0 Å². The second kappa shape index (κ2) is 12.4. The molecule has 0 unspecified atom stereocenters. The highest BCUT2D eigenvalue weighted by Crippen LogP contribution is 2.40. The molecule has 0 spiro atoms. The highest BCUT2D eigenvalue weighted by Gasteiger charge is 2.28. The Hall–Kier alpha value is -2.73. The number of nitrogens with zero attached hydrogens (tertiary/aromatic N) is 4. The normalized spacial score (nSPS) is 14.7. The van der Waals surface area contributed by atoms with Crippen LogP contribution in [0.15, 0.2) is 41.3 Å². The van der Waals surface area contributed by atoms with E-state index < -0.39 is 10.0 Å². The largest absolute Gasteiger partial charge is 0.495 e. The molecule has 1 aliphatic heterocycles. The van der Waals surface area contributed by atoms with Crippen molar-refractivity contribution < 1.29 is 22.7 Å². The summed E-state index contributed by atoms with van der Waals surface area (Å²) in [4.78, 5) is 22.7. The first-order valence-corrected chi connectivity index (χ1v) is 15.3. The maximum atomic E-state index is 13.8. The zero-order chi connectivity index (χ0) is 27.3. The Morgan fingerprint density at radius 1 is 0.947 bits per heavy atom. The van der Waals surface area contributed by atoms with Crippen LogP contribution in [-0.2, 0) is 10.0 Å². The van der Waals surface area contributed by atoms with Crippen molar-refractivity contribution in [1.29, 1.82) is 0 Å². The molecular weight excluding hydrogens is 524 g/mol. The Labute approximate surface area is 229 Å². The van der Waals surface area contributed by atoms with Gasteiger partial charge in [0.25, 0.3) is 5.91 Å². The summed E-state index contributed by atoms with van der Waals surface area (Å²) in [6.45, 7) is 8.07. The molecule has 1 saturated heterocycles. The predicted octanol–water partition coefficient (Wildman–Crippen LogP) is 4.48. The molecule has 38 heavy (non-hydrogen) atoms. The third kappa shape index (κ3) is 5.80. The smallest absolute Gasteiger partial charge is 0.260 e. The van der Waals surface area contributed by atoms with Crippen molar-refractivity contribution in [2.75, 3.05) is 58.4 Å². The third-order valence-electron chi connectivity index (χ3n) is 6.96. The molecule has 4 rings (SSSR count). The maximum Gasteiger partial charge on any atom is 0.260 e. The number of fused-ring (bicyclic) bond motifs is 1. The van der Waals surface area contributed by atoms with E-state index >= 15 is 0 Å². The van der Waals surface area contributed by atoms with Gasteiger partial charge >= 0.3 is 0 Å². The molecule has 0 aliphatic carbocycles. The number of carbonyl (C=O) groups is 1. The maximum absolute atomic E-state index is 13.8. The number of carbonyl (C=O) groups excluding carboxylic acids is 1. The number of methoxy groups -OCH3 is 2. The van der Waals surface area contributed by atoms with Gasteiger partial charge in [-0.1, -0.05) is 31.6 Å². The number of benzene rings is 2. The molecule has 0 N–H and O–H groups in total. The molecule has 11 heteroatoms. The molecule has 0 radical (unpaired) electrons. The second-order valence-corrected chi connectivity index (χ2v) is 12.0. The molecule has 2 heterocycles. The van der Waals surface area contributed by atoms with Crippen molar-refractivity contribution in [3.63, 3.8) is 0 Å². The first-order valence-electron chi connectivity index (χ1n) is 13.0. The number of ether oxygens (including phenoxy) is 2. The number of rotatable bonds is 11. The number of likely N-dealkylation sites (N-methyl/N-ethyl adjacent to an activating group) is 1. The summed E-state index contributed by atoms with van der Waals surface area (Å²) in [5, 5.41) is 0.532. The third-order valence-corrected chi connectivity index (χ3v) is 9.97. The number of amides is 1. The van der Waals surface area contributed by atoms with E-state index in [-0.39, 0.29) is 10.8 Å². The second-order valence-electron chi connectivity index (χ2n) is 9.12. The van der Waals surface area contributed by atoms with Gasteiger partial charge in [-0.25, -0.2) is 13.4 Å². The Morgan fingerprint density at radius 2 is 1.58 bits per heavy atom. The van der Waals surface area contributed by atoms with Crippen LogP contribution >= 0.6 is 11.3 Å². The molecule has 0 bridgehead atoms. The Bertz CT molecular complexity index is 1310. The van der Waals surface area contributed by atoms with Crippen molar-refractivity contribution in [3.8, 4) is 11.5 Å². The number of thiazole rings is 1. The summed E-state index contributed by atoms with van der Waals surface area (Å²) < 4.78 is 39.5. The summed E-state index contributed by atoms with van der Waals surface area (Å²) in [7, 11) is -0.387. The molecule has 1 aliphatic rings. The zero-order valence-corrected chi connectivity index (χ0v) is 24.1. The van der Waals surface area contributed by atoms with Crippen LogP contribution in [0.4, 0.5) is 5.13 Å². The lowest BCUT2D eigenvalue weighted by molar-refractivity contribution is 0.0983. The van der Waals surface area contributed by atoms with Crippen LogP contribution in [0.1, 0.15) is 43.5 Å². The van der Waals surface area contributed by atoms with Gasteiger partial charge < -0.3 is 14.4 Å². The number of hydrogen-bond acceptors (Lipinski definition) is 8. The monoisotopic (exact) mass is 560 g/mol. The van der Waals surface area contributed by atoms with Crippen molar-refractivity contribution in [2.24, 2.45) is 0 Å². The Kier molecular flexibility index (Phi) is 9.24. The van der Waals surface area contributed by atoms with Gasteiger partial charge in [0.05, 0.1) is 19.1 Å². The van der Waals surface area contributed by atoms with Crippen LogP contribution in [-0.4, -0.2) is 82.0 Å². The average Bonchev–Trinajstić information content (AvgIpc) is 3.40. The van der Waals surface area contributed by atoms with E-state index in [9.17, 15) is 13.2 Å². The van der Waals surface area contributed by atoms with Crippen LogP contribution in [0.2, 0.25) is 0 Å². The molecular formula is C27H36N4O5S2. The fourth-order valence-electron chi connectivity index (χ4n) is 4.63. The first kappa shape index (κ1) is 28.3. The average molecular weight is 561 g/mol. The van der Waals surface area contributed by atoms with Crippen LogP contribution in [0.3, 0.4) is 0 Å². The van der Waals surface area contributed by atoms with Crippen molar-refractivity contribution in [2.45, 2.75) is 38.0 Å². The predicted molar refractivity (Wildman–Crippen MR) is 151 cm³/mol. The molecule has 0 atom stereocenters. The summed E-state index contributed by atoms with van der Waals surface area (Å²) in [5.41, 5.74) is 1.04. The fraction of sp³-hybridized carbons (Fsp3) is 0.481. The van der Waals surface area contributed by atoms with E-state index in [2.05, 4.69) is 18.7 Å². The van der Waals surface area contributed by atoms with Crippen LogP contribution in [0, 0.1) is 0 Å². The van der Waals surface area contributed by atoms with E-state index in [0.717, 1.165) is 37.1 Å². The minimum Gasteiger partial charge on any atom is -0.495 e. The van der Waals surface area contributed by atoms with Crippen LogP contribution < -0.4 is 14.4 Å².